The molecule has 0 amide bonds. The van der Waals surface area contributed by atoms with E-state index in [-0.39, 0.29) is 6.04 Å². The number of nitrogens with zero attached hydrogens (tertiary/aromatic N) is 3. The highest BCUT2D eigenvalue weighted by Gasteiger charge is 2.12. The summed E-state index contributed by atoms with van der Waals surface area (Å²) in [6.07, 6.45) is 5.75. The molecule has 0 saturated carbocycles. The number of guanidine groups is 1. The Hall–Kier alpha value is -1.82. The maximum atomic E-state index is 5.14. The van der Waals surface area contributed by atoms with Gasteiger partial charge in [0.1, 0.15) is 5.82 Å². The third kappa shape index (κ3) is 5.71. The molecule has 0 aromatic carbocycles. The van der Waals surface area contributed by atoms with Crippen molar-refractivity contribution in [1.82, 2.24) is 15.6 Å². The molecule has 1 atom stereocenters. The molecule has 0 radical (unpaired) electrons. The minimum atomic E-state index is 0.215. The number of aromatic nitrogens is 1. The maximum Gasteiger partial charge on any atom is 0.191 e. The third-order valence-corrected chi connectivity index (χ3v) is 3.97. The predicted molar refractivity (Wildman–Crippen MR) is 95.0 cm³/mol. The minimum absolute atomic E-state index is 0.215. The van der Waals surface area contributed by atoms with Gasteiger partial charge in [-0.3, -0.25) is 4.99 Å². The minimum Gasteiger partial charge on any atom is -0.383 e. The summed E-state index contributed by atoms with van der Waals surface area (Å²) in [6, 6.07) is 4.43. The van der Waals surface area contributed by atoms with Gasteiger partial charge in [0.15, 0.2) is 5.96 Å². The van der Waals surface area contributed by atoms with Crippen molar-refractivity contribution in [1.29, 1.82) is 0 Å². The van der Waals surface area contributed by atoms with Crippen molar-refractivity contribution in [2.24, 2.45) is 4.99 Å². The Morgan fingerprint density at radius 1 is 1.39 bits per heavy atom. The number of pyridine rings is 1. The largest absolute Gasteiger partial charge is 0.383 e. The summed E-state index contributed by atoms with van der Waals surface area (Å²) >= 11 is 0. The Morgan fingerprint density at radius 3 is 2.87 bits per heavy atom. The second-order valence-corrected chi connectivity index (χ2v) is 6.00. The van der Waals surface area contributed by atoms with Crippen molar-refractivity contribution >= 4 is 11.8 Å². The molecule has 1 aliphatic rings. The number of ether oxygens (including phenoxy) is 1. The highest BCUT2D eigenvalue weighted by Crippen LogP contribution is 2.18. The van der Waals surface area contributed by atoms with Crippen LogP contribution in [0.4, 0.5) is 5.82 Å². The van der Waals surface area contributed by atoms with Crippen LogP contribution >= 0.6 is 0 Å². The first-order chi connectivity index (χ1) is 11.2. The van der Waals surface area contributed by atoms with Gasteiger partial charge in [0, 0.05) is 46.0 Å². The lowest BCUT2D eigenvalue weighted by atomic mass is 10.1. The van der Waals surface area contributed by atoms with E-state index in [4.69, 9.17) is 4.74 Å². The van der Waals surface area contributed by atoms with Gasteiger partial charge < -0.3 is 20.3 Å². The van der Waals surface area contributed by atoms with Crippen LogP contribution in [-0.4, -0.2) is 50.8 Å². The number of hydrogen-bond acceptors (Lipinski definition) is 4. The first kappa shape index (κ1) is 17.5. The van der Waals surface area contributed by atoms with Crippen molar-refractivity contribution in [2.45, 2.75) is 38.8 Å². The number of hydrogen-bond donors (Lipinski definition) is 2. The molecule has 1 aliphatic heterocycles. The van der Waals surface area contributed by atoms with Crippen LogP contribution in [0.2, 0.25) is 0 Å². The van der Waals surface area contributed by atoms with Gasteiger partial charge in [-0.25, -0.2) is 4.98 Å². The molecule has 1 aromatic rings. The van der Waals surface area contributed by atoms with E-state index in [1.165, 1.54) is 24.8 Å². The smallest absolute Gasteiger partial charge is 0.191 e. The lowest BCUT2D eigenvalue weighted by Crippen LogP contribution is -2.43. The van der Waals surface area contributed by atoms with Gasteiger partial charge in [0.25, 0.3) is 0 Å². The SMILES string of the molecule is CN=C(NCc1ccnc(N2CCCCC2)c1)NC(C)COC. The second-order valence-electron chi connectivity index (χ2n) is 6.00. The fourth-order valence-corrected chi connectivity index (χ4v) is 2.77. The zero-order valence-corrected chi connectivity index (χ0v) is 14.5. The monoisotopic (exact) mass is 319 g/mol. The van der Waals surface area contributed by atoms with E-state index in [1.807, 2.05) is 12.3 Å². The zero-order chi connectivity index (χ0) is 16.5. The maximum absolute atomic E-state index is 5.14. The number of piperidine rings is 1. The average molecular weight is 319 g/mol. The number of nitrogens with one attached hydrogen (secondary N) is 2. The Morgan fingerprint density at radius 2 is 2.17 bits per heavy atom. The summed E-state index contributed by atoms with van der Waals surface area (Å²) < 4.78 is 5.14. The van der Waals surface area contributed by atoms with Crippen molar-refractivity contribution in [2.75, 3.05) is 38.8 Å². The Kier molecular flexibility index (Phi) is 7.13. The van der Waals surface area contributed by atoms with Crippen LogP contribution in [0.25, 0.3) is 0 Å². The van der Waals surface area contributed by atoms with E-state index in [2.05, 4.69) is 38.5 Å². The standard InChI is InChI=1S/C17H29N5O/c1-14(13-23-3)21-17(18-2)20-12-15-7-8-19-16(11-15)22-9-5-4-6-10-22/h7-8,11,14H,4-6,9-10,12-13H2,1-3H3,(H2,18,20,21). The molecule has 128 valence electrons. The van der Waals surface area contributed by atoms with Gasteiger partial charge >= 0.3 is 0 Å². The molecule has 1 saturated heterocycles. The Balaban J connectivity index is 1.89. The van der Waals surface area contributed by atoms with Crippen LogP contribution in [0.5, 0.6) is 0 Å². The van der Waals surface area contributed by atoms with Crippen molar-refractivity contribution in [3.63, 3.8) is 0 Å². The molecule has 0 aliphatic carbocycles. The van der Waals surface area contributed by atoms with Crippen LogP contribution in [0.15, 0.2) is 23.3 Å². The van der Waals surface area contributed by atoms with Crippen molar-refractivity contribution in [3.05, 3.63) is 23.9 Å². The molecule has 0 spiro atoms. The van der Waals surface area contributed by atoms with E-state index >= 15 is 0 Å². The zero-order valence-electron chi connectivity index (χ0n) is 14.5. The molecule has 2 heterocycles. The fourth-order valence-electron chi connectivity index (χ4n) is 2.77. The highest BCUT2D eigenvalue weighted by molar-refractivity contribution is 5.79. The molecule has 6 nitrogen and oxygen atoms in total. The van der Waals surface area contributed by atoms with E-state index < -0.39 is 0 Å². The predicted octanol–water partition coefficient (Wildman–Crippen LogP) is 1.77. The Labute approximate surface area is 139 Å². The third-order valence-electron chi connectivity index (χ3n) is 3.97. The van der Waals surface area contributed by atoms with Gasteiger partial charge in [0.2, 0.25) is 0 Å². The molecule has 6 heteroatoms. The molecule has 1 fully saturated rings. The summed E-state index contributed by atoms with van der Waals surface area (Å²) in [4.78, 5) is 11.1. The average Bonchev–Trinajstić information content (AvgIpc) is 2.60. The van der Waals surface area contributed by atoms with Crippen LogP contribution in [0, 0.1) is 0 Å². The lowest BCUT2D eigenvalue weighted by molar-refractivity contribution is 0.179. The first-order valence-corrected chi connectivity index (χ1v) is 8.39. The molecule has 2 rings (SSSR count). The van der Waals surface area contributed by atoms with Gasteiger partial charge in [-0.1, -0.05) is 0 Å². The second kappa shape index (κ2) is 9.35. The summed E-state index contributed by atoms with van der Waals surface area (Å²) in [5.41, 5.74) is 1.21. The number of methoxy groups -OCH3 is 1. The molecular formula is C17H29N5O. The van der Waals surface area contributed by atoms with Crippen LogP contribution in [0.3, 0.4) is 0 Å². The highest BCUT2D eigenvalue weighted by atomic mass is 16.5. The molecule has 1 unspecified atom stereocenters. The first-order valence-electron chi connectivity index (χ1n) is 8.39. The lowest BCUT2D eigenvalue weighted by Gasteiger charge is -2.28. The van der Waals surface area contributed by atoms with Gasteiger partial charge in [-0.15, -0.1) is 0 Å². The topological polar surface area (TPSA) is 61.8 Å². The molecule has 2 N–H and O–H groups in total. The normalized spacial score (nSPS) is 17.0. The summed E-state index contributed by atoms with van der Waals surface area (Å²) in [5, 5.41) is 6.65. The molecule has 23 heavy (non-hydrogen) atoms. The summed E-state index contributed by atoms with van der Waals surface area (Å²) in [6.45, 7) is 5.67. The van der Waals surface area contributed by atoms with E-state index in [0.717, 1.165) is 31.4 Å². The van der Waals surface area contributed by atoms with Crippen molar-refractivity contribution < 1.29 is 4.74 Å². The van der Waals surface area contributed by atoms with Crippen LogP contribution < -0.4 is 15.5 Å². The quantitative estimate of drug-likeness (QED) is 0.618. The number of aliphatic imine (C=N–C) groups is 1. The molecule has 1 aromatic heterocycles. The van der Waals surface area contributed by atoms with Gasteiger partial charge in [-0.2, -0.15) is 0 Å². The van der Waals surface area contributed by atoms with Crippen LogP contribution in [-0.2, 0) is 11.3 Å². The van der Waals surface area contributed by atoms with E-state index in [0.29, 0.717) is 6.61 Å². The van der Waals surface area contributed by atoms with E-state index in [9.17, 15) is 0 Å². The number of anilines is 1. The van der Waals surface area contributed by atoms with E-state index in [1.54, 1.807) is 14.2 Å². The van der Waals surface area contributed by atoms with Gasteiger partial charge in [-0.05, 0) is 43.9 Å². The fraction of sp³-hybridized carbons (Fsp3) is 0.647. The summed E-state index contributed by atoms with van der Waals surface area (Å²) in [5.74, 6) is 1.87. The number of rotatable bonds is 6. The van der Waals surface area contributed by atoms with Gasteiger partial charge in [0.05, 0.1) is 6.61 Å². The Bertz CT molecular complexity index is 500. The van der Waals surface area contributed by atoms with Crippen molar-refractivity contribution in [3.8, 4) is 0 Å². The van der Waals surface area contributed by atoms with Crippen LogP contribution in [0.1, 0.15) is 31.7 Å². The molecule has 0 bridgehead atoms. The summed E-state index contributed by atoms with van der Waals surface area (Å²) in [7, 11) is 3.48. The molecular weight excluding hydrogens is 290 g/mol.